The lowest BCUT2D eigenvalue weighted by Gasteiger charge is -2.07. The van der Waals surface area contributed by atoms with Gasteiger partial charge < -0.3 is 14.2 Å². The Bertz CT molecular complexity index is 311. The molecule has 0 rings (SSSR count). The molecule has 162 valence electrons. The van der Waals surface area contributed by atoms with Crippen molar-refractivity contribution in [2.24, 2.45) is 5.92 Å². The Hall–Kier alpha value is -0.100. The first-order valence-corrected chi connectivity index (χ1v) is 11.7. The summed E-state index contributed by atoms with van der Waals surface area (Å²) in [6.45, 7) is 7.00. The molecule has 0 amide bonds. The van der Waals surface area contributed by atoms with Crippen LogP contribution in [0.1, 0.15) is 84.5 Å². The number of hydrogen-bond acceptors (Lipinski definition) is 5. The minimum atomic E-state index is 0.0392. The highest BCUT2D eigenvalue weighted by Gasteiger charge is 2.06. The first-order chi connectivity index (χ1) is 13.2. The van der Waals surface area contributed by atoms with Crippen molar-refractivity contribution in [2.75, 3.05) is 45.4 Å². The monoisotopic (exact) mass is 404 g/mol. The molecule has 4 nitrogen and oxygen atoms in total. The number of ketones is 1. The van der Waals surface area contributed by atoms with Gasteiger partial charge in [0.15, 0.2) is 5.78 Å². The summed E-state index contributed by atoms with van der Waals surface area (Å²) < 4.78 is 16.3. The average Bonchev–Trinajstić information content (AvgIpc) is 2.66. The number of thiol groups is 1. The fraction of sp³-hybridized carbons (Fsp3) is 0.955. The van der Waals surface area contributed by atoms with Crippen LogP contribution in [0.5, 0.6) is 0 Å². The van der Waals surface area contributed by atoms with E-state index in [-0.39, 0.29) is 18.3 Å². The first kappa shape index (κ1) is 26.9. The summed E-state index contributed by atoms with van der Waals surface area (Å²) in [5.74, 6) is 1.21. The third kappa shape index (κ3) is 22.1. The molecular weight excluding hydrogens is 360 g/mol. The van der Waals surface area contributed by atoms with Crippen LogP contribution in [0.2, 0.25) is 0 Å². The highest BCUT2D eigenvalue weighted by Crippen LogP contribution is 2.11. The van der Waals surface area contributed by atoms with Gasteiger partial charge in [0.2, 0.25) is 0 Å². The van der Waals surface area contributed by atoms with Gasteiger partial charge in [-0.2, -0.15) is 12.6 Å². The van der Waals surface area contributed by atoms with Gasteiger partial charge in [0.05, 0.1) is 26.4 Å². The predicted octanol–water partition coefficient (Wildman–Crippen LogP) is 5.48. The second kappa shape index (κ2) is 22.2. The number of carbonyl (C=O) groups is 1. The summed E-state index contributed by atoms with van der Waals surface area (Å²) in [5, 5.41) is 0. The van der Waals surface area contributed by atoms with Crippen molar-refractivity contribution < 1.29 is 19.0 Å². The van der Waals surface area contributed by atoms with Crippen molar-refractivity contribution in [1.82, 2.24) is 0 Å². The van der Waals surface area contributed by atoms with Crippen molar-refractivity contribution in [3.63, 3.8) is 0 Å². The van der Waals surface area contributed by atoms with Gasteiger partial charge in [-0.05, 0) is 18.6 Å². The molecule has 0 aliphatic heterocycles. The number of Topliss-reactive ketones (excluding diaryl/α,β-unsaturated/α-hetero) is 1. The molecule has 0 aliphatic carbocycles. The standard InChI is InChI=1S/C22H44O4S/c1-21(2)22(23)20-26-18-17-25-16-15-24-14-12-10-8-6-4-3-5-7-9-11-13-19-27/h21,27H,3-20H2,1-2H3. The van der Waals surface area contributed by atoms with E-state index in [2.05, 4.69) is 12.6 Å². The van der Waals surface area contributed by atoms with E-state index in [1.807, 2.05) is 13.8 Å². The van der Waals surface area contributed by atoms with Gasteiger partial charge in [-0.25, -0.2) is 0 Å². The molecule has 0 atom stereocenters. The molecule has 0 aromatic heterocycles. The maximum atomic E-state index is 11.3. The smallest absolute Gasteiger partial charge is 0.160 e. The molecule has 5 heteroatoms. The third-order valence-corrected chi connectivity index (χ3v) is 4.90. The van der Waals surface area contributed by atoms with Crippen LogP contribution in [0.4, 0.5) is 0 Å². The zero-order chi connectivity index (χ0) is 20.0. The van der Waals surface area contributed by atoms with E-state index in [0.29, 0.717) is 26.4 Å². The lowest BCUT2D eigenvalue weighted by molar-refractivity contribution is -0.127. The van der Waals surface area contributed by atoms with Crippen LogP contribution in [0.15, 0.2) is 0 Å². The van der Waals surface area contributed by atoms with Crippen LogP contribution in [0, 0.1) is 5.92 Å². The van der Waals surface area contributed by atoms with Crippen molar-refractivity contribution in [1.29, 1.82) is 0 Å². The molecule has 0 aromatic carbocycles. The molecule has 27 heavy (non-hydrogen) atoms. The van der Waals surface area contributed by atoms with Gasteiger partial charge in [0.1, 0.15) is 6.61 Å². The summed E-state index contributed by atoms with van der Waals surface area (Å²) in [4.78, 5) is 11.3. The Morgan fingerprint density at radius 1 is 0.630 bits per heavy atom. The Kier molecular flexibility index (Phi) is 22.1. The van der Waals surface area contributed by atoms with Gasteiger partial charge in [-0.1, -0.05) is 71.6 Å². The van der Waals surface area contributed by atoms with E-state index in [1.165, 1.54) is 64.2 Å². The first-order valence-electron chi connectivity index (χ1n) is 11.0. The molecule has 0 saturated carbocycles. The minimum absolute atomic E-state index is 0.0392. The number of rotatable bonds is 22. The number of ether oxygens (including phenoxy) is 3. The normalized spacial score (nSPS) is 11.4. The molecule has 0 unspecified atom stereocenters. The summed E-state index contributed by atoms with van der Waals surface area (Å²) in [7, 11) is 0. The molecule has 0 saturated heterocycles. The molecule has 0 spiro atoms. The average molecular weight is 405 g/mol. The number of hydrogen-bond donors (Lipinski definition) is 1. The molecular formula is C22H44O4S. The van der Waals surface area contributed by atoms with Gasteiger partial charge in [0, 0.05) is 12.5 Å². The van der Waals surface area contributed by atoms with Crippen LogP contribution in [0.25, 0.3) is 0 Å². The van der Waals surface area contributed by atoms with Gasteiger partial charge in [-0.15, -0.1) is 0 Å². The third-order valence-electron chi connectivity index (χ3n) is 4.58. The van der Waals surface area contributed by atoms with E-state index < -0.39 is 0 Å². The number of unbranched alkanes of at least 4 members (excludes halogenated alkanes) is 10. The van der Waals surface area contributed by atoms with Crippen LogP contribution in [0.3, 0.4) is 0 Å². The van der Waals surface area contributed by atoms with Gasteiger partial charge in [0.25, 0.3) is 0 Å². The Morgan fingerprint density at radius 2 is 1.04 bits per heavy atom. The lowest BCUT2D eigenvalue weighted by Crippen LogP contribution is -2.17. The summed E-state index contributed by atoms with van der Waals surface area (Å²) >= 11 is 4.24. The topological polar surface area (TPSA) is 44.8 Å². The maximum absolute atomic E-state index is 11.3. The van der Waals surface area contributed by atoms with Gasteiger partial charge >= 0.3 is 0 Å². The largest absolute Gasteiger partial charge is 0.379 e. The van der Waals surface area contributed by atoms with E-state index in [4.69, 9.17) is 14.2 Å². The van der Waals surface area contributed by atoms with E-state index in [9.17, 15) is 4.79 Å². The molecule has 0 aliphatic rings. The molecule has 0 fully saturated rings. The van der Waals surface area contributed by atoms with E-state index in [1.54, 1.807) is 0 Å². The Labute approximate surface area is 173 Å². The Morgan fingerprint density at radius 3 is 1.52 bits per heavy atom. The van der Waals surface area contributed by atoms with Gasteiger partial charge in [-0.3, -0.25) is 4.79 Å². The highest BCUT2D eigenvalue weighted by atomic mass is 32.1. The fourth-order valence-electron chi connectivity index (χ4n) is 2.69. The molecule has 0 radical (unpaired) electrons. The lowest BCUT2D eigenvalue weighted by atomic mass is 10.1. The maximum Gasteiger partial charge on any atom is 0.160 e. The van der Waals surface area contributed by atoms with Crippen molar-refractivity contribution in [3.05, 3.63) is 0 Å². The second-order valence-corrected chi connectivity index (χ2v) is 7.96. The fourth-order valence-corrected chi connectivity index (χ4v) is 2.91. The Balaban J connectivity index is 3.04. The minimum Gasteiger partial charge on any atom is -0.379 e. The van der Waals surface area contributed by atoms with E-state index in [0.717, 1.165) is 18.8 Å². The quantitative estimate of drug-likeness (QED) is 0.192. The zero-order valence-electron chi connectivity index (χ0n) is 17.9. The highest BCUT2D eigenvalue weighted by molar-refractivity contribution is 7.80. The van der Waals surface area contributed by atoms with Crippen LogP contribution < -0.4 is 0 Å². The van der Waals surface area contributed by atoms with Crippen molar-refractivity contribution in [3.8, 4) is 0 Å². The van der Waals surface area contributed by atoms with Crippen LogP contribution >= 0.6 is 12.6 Å². The molecule has 0 aromatic rings. The van der Waals surface area contributed by atoms with Crippen molar-refractivity contribution in [2.45, 2.75) is 84.5 Å². The van der Waals surface area contributed by atoms with Crippen LogP contribution in [-0.2, 0) is 19.0 Å². The molecule has 0 bridgehead atoms. The second-order valence-electron chi connectivity index (χ2n) is 7.51. The van der Waals surface area contributed by atoms with E-state index >= 15 is 0 Å². The van der Waals surface area contributed by atoms with Crippen LogP contribution in [-0.4, -0.2) is 51.2 Å². The SMILES string of the molecule is CC(C)C(=O)COCCOCCOCCCCCCCCCCCCCS. The summed E-state index contributed by atoms with van der Waals surface area (Å²) in [6.07, 6.45) is 14.7. The summed E-state index contributed by atoms with van der Waals surface area (Å²) in [6, 6.07) is 0. The van der Waals surface area contributed by atoms with Crippen molar-refractivity contribution >= 4 is 18.4 Å². The predicted molar refractivity (Wildman–Crippen MR) is 117 cm³/mol. The molecule has 0 N–H and O–H groups in total. The molecule has 0 heterocycles. The number of carbonyl (C=O) groups excluding carboxylic acids is 1. The summed E-state index contributed by atoms with van der Waals surface area (Å²) in [5.41, 5.74) is 0. The zero-order valence-corrected chi connectivity index (χ0v) is 18.8.